The van der Waals surface area contributed by atoms with Crippen molar-refractivity contribution in [2.45, 2.75) is 26.9 Å². The molecule has 1 aliphatic heterocycles. The third-order valence-electron chi connectivity index (χ3n) is 7.41. The maximum atomic E-state index is 13.8. The third kappa shape index (κ3) is 5.57. The van der Waals surface area contributed by atoms with Crippen LogP contribution in [-0.2, 0) is 13.2 Å². The average Bonchev–Trinajstić information content (AvgIpc) is 3.54. The van der Waals surface area contributed by atoms with Gasteiger partial charge in [-0.15, -0.1) is 5.10 Å². The second-order valence-electron chi connectivity index (χ2n) is 9.96. The molecule has 40 heavy (non-hydrogen) atoms. The lowest BCUT2D eigenvalue weighted by molar-refractivity contribution is -0.137. The molecule has 0 spiro atoms. The predicted octanol–water partition coefficient (Wildman–Crippen LogP) is 4.70. The van der Waals surface area contributed by atoms with Crippen LogP contribution in [0.3, 0.4) is 0 Å². The summed E-state index contributed by atoms with van der Waals surface area (Å²) in [5.41, 5.74) is 3.90. The van der Waals surface area contributed by atoms with Gasteiger partial charge in [-0.1, -0.05) is 18.2 Å². The van der Waals surface area contributed by atoms with Crippen molar-refractivity contribution in [3.8, 4) is 16.9 Å². The molecule has 2 aromatic heterocycles. The van der Waals surface area contributed by atoms with E-state index < -0.39 is 17.6 Å². The standard InChI is InChI=1S/C28H31F3N8O/c1-5-37-8-10-38(11-9-37)23-14-21(28(29,30)31)13-22(15-23)33-27(40)20-7-6-18(2)26(12-20)39-17-25(34-35-39)24-16-32-36(4)19(24)3/h6-7,12-17H,5,8-11H2,1-4H3,(H,33,40). The molecule has 1 amide bonds. The van der Waals surface area contributed by atoms with Crippen LogP contribution in [0.4, 0.5) is 24.5 Å². The minimum Gasteiger partial charge on any atom is -0.369 e. The molecule has 0 saturated carbocycles. The second kappa shape index (κ2) is 10.8. The number of hydrogen-bond acceptors (Lipinski definition) is 6. The molecule has 12 heteroatoms. The first kappa shape index (κ1) is 27.4. The molecule has 0 atom stereocenters. The van der Waals surface area contributed by atoms with E-state index in [0.29, 0.717) is 30.2 Å². The smallest absolute Gasteiger partial charge is 0.369 e. The van der Waals surface area contributed by atoms with Crippen molar-refractivity contribution in [3.05, 3.63) is 71.2 Å². The number of aryl methyl sites for hydroxylation is 2. The molecule has 3 heterocycles. The number of anilines is 2. The van der Waals surface area contributed by atoms with E-state index >= 15 is 0 Å². The summed E-state index contributed by atoms with van der Waals surface area (Å²) in [7, 11) is 1.84. The highest BCUT2D eigenvalue weighted by molar-refractivity contribution is 6.05. The molecule has 1 N–H and O–H groups in total. The van der Waals surface area contributed by atoms with Crippen LogP contribution in [0, 0.1) is 13.8 Å². The number of nitrogens with zero attached hydrogens (tertiary/aromatic N) is 7. The molecular formula is C28H31F3N8O. The normalized spacial score (nSPS) is 14.5. The van der Waals surface area contributed by atoms with E-state index in [4.69, 9.17) is 0 Å². The van der Waals surface area contributed by atoms with Crippen LogP contribution in [0.15, 0.2) is 48.8 Å². The van der Waals surface area contributed by atoms with E-state index in [9.17, 15) is 18.0 Å². The lowest BCUT2D eigenvalue weighted by atomic mass is 10.1. The molecule has 5 rings (SSSR count). The minimum atomic E-state index is -4.55. The van der Waals surface area contributed by atoms with Gasteiger partial charge in [0, 0.05) is 61.4 Å². The third-order valence-corrected chi connectivity index (χ3v) is 7.41. The van der Waals surface area contributed by atoms with Crippen molar-refractivity contribution in [3.63, 3.8) is 0 Å². The predicted molar refractivity (Wildman–Crippen MR) is 147 cm³/mol. The number of rotatable bonds is 6. The molecule has 0 radical (unpaired) electrons. The first-order chi connectivity index (χ1) is 19.0. The zero-order chi connectivity index (χ0) is 28.6. The van der Waals surface area contributed by atoms with E-state index in [1.807, 2.05) is 25.8 Å². The lowest BCUT2D eigenvalue weighted by Crippen LogP contribution is -2.46. The van der Waals surface area contributed by atoms with Crippen molar-refractivity contribution >= 4 is 17.3 Å². The topological polar surface area (TPSA) is 84.1 Å². The Morgan fingerprint density at radius 3 is 2.45 bits per heavy atom. The molecule has 1 saturated heterocycles. The number of carbonyl (C=O) groups excluding carboxylic acids is 1. The average molecular weight is 553 g/mol. The molecule has 0 aliphatic carbocycles. The summed E-state index contributed by atoms with van der Waals surface area (Å²) >= 11 is 0. The molecule has 2 aromatic carbocycles. The van der Waals surface area contributed by atoms with Gasteiger partial charge in [0.25, 0.3) is 5.91 Å². The molecular weight excluding hydrogens is 521 g/mol. The number of aromatic nitrogens is 5. The van der Waals surface area contributed by atoms with Crippen LogP contribution in [0.1, 0.15) is 34.1 Å². The quantitative estimate of drug-likeness (QED) is 0.374. The number of halogens is 3. The number of amides is 1. The van der Waals surface area contributed by atoms with E-state index in [2.05, 4.69) is 32.6 Å². The summed E-state index contributed by atoms with van der Waals surface area (Å²) in [6.45, 7) is 9.54. The molecule has 1 aliphatic rings. The summed E-state index contributed by atoms with van der Waals surface area (Å²) < 4.78 is 44.6. The monoisotopic (exact) mass is 552 g/mol. The first-order valence-electron chi connectivity index (χ1n) is 13.1. The number of likely N-dealkylation sites (N-methyl/N-ethyl adjacent to an activating group) is 1. The van der Waals surface area contributed by atoms with Gasteiger partial charge in [-0.3, -0.25) is 9.48 Å². The molecule has 0 bridgehead atoms. The van der Waals surface area contributed by atoms with Crippen molar-refractivity contribution in [2.75, 3.05) is 42.9 Å². The summed E-state index contributed by atoms with van der Waals surface area (Å²) in [6, 6.07) is 8.77. The van der Waals surface area contributed by atoms with E-state index in [-0.39, 0.29) is 11.3 Å². The van der Waals surface area contributed by atoms with Gasteiger partial charge in [-0.05, 0) is 56.3 Å². The SMILES string of the molecule is CCN1CCN(c2cc(NC(=O)c3ccc(C)c(-n4cc(-c5cnn(C)c5C)nn4)c3)cc(C(F)(F)F)c2)CC1. The summed E-state index contributed by atoms with van der Waals surface area (Å²) in [4.78, 5) is 17.4. The Labute approximate surface area is 230 Å². The van der Waals surface area contributed by atoms with Gasteiger partial charge in [0.05, 0.1) is 23.6 Å². The Balaban J connectivity index is 1.41. The van der Waals surface area contributed by atoms with Gasteiger partial charge < -0.3 is 15.1 Å². The first-order valence-corrected chi connectivity index (χ1v) is 13.1. The van der Waals surface area contributed by atoms with Crippen LogP contribution < -0.4 is 10.2 Å². The Hall–Kier alpha value is -4.19. The highest BCUT2D eigenvalue weighted by atomic mass is 19.4. The second-order valence-corrected chi connectivity index (χ2v) is 9.96. The Bertz CT molecular complexity index is 1530. The summed E-state index contributed by atoms with van der Waals surface area (Å²) in [5.74, 6) is -0.522. The molecule has 210 valence electrons. The van der Waals surface area contributed by atoms with E-state index in [1.165, 1.54) is 0 Å². The zero-order valence-electron chi connectivity index (χ0n) is 22.8. The summed E-state index contributed by atoms with van der Waals surface area (Å²) in [6.07, 6.45) is -1.08. The number of piperazine rings is 1. The molecule has 0 unspecified atom stereocenters. The lowest BCUT2D eigenvalue weighted by Gasteiger charge is -2.36. The fourth-order valence-corrected chi connectivity index (χ4v) is 4.81. The van der Waals surface area contributed by atoms with Gasteiger partial charge in [0.2, 0.25) is 0 Å². The number of hydrogen-bond donors (Lipinski definition) is 1. The van der Waals surface area contributed by atoms with E-state index in [1.54, 1.807) is 46.0 Å². The van der Waals surface area contributed by atoms with Crippen LogP contribution in [-0.4, -0.2) is 68.3 Å². The minimum absolute atomic E-state index is 0.0879. The van der Waals surface area contributed by atoms with Crippen LogP contribution in [0.25, 0.3) is 16.9 Å². The maximum absolute atomic E-state index is 13.8. The largest absolute Gasteiger partial charge is 0.416 e. The van der Waals surface area contributed by atoms with Crippen LogP contribution in [0.5, 0.6) is 0 Å². The van der Waals surface area contributed by atoms with Crippen molar-refractivity contribution < 1.29 is 18.0 Å². The summed E-state index contributed by atoms with van der Waals surface area (Å²) in [5, 5.41) is 15.4. The van der Waals surface area contributed by atoms with Crippen LogP contribution in [0.2, 0.25) is 0 Å². The van der Waals surface area contributed by atoms with Gasteiger partial charge in [-0.25, -0.2) is 4.68 Å². The fraction of sp³-hybridized carbons (Fsp3) is 0.357. The zero-order valence-corrected chi connectivity index (χ0v) is 22.8. The highest BCUT2D eigenvalue weighted by Crippen LogP contribution is 2.35. The Kier molecular flexibility index (Phi) is 7.37. The van der Waals surface area contributed by atoms with Crippen LogP contribution >= 0.6 is 0 Å². The van der Waals surface area contributed by atoms with Gasteiger partial charge in [0.1, 0.15) is 5.69 Å². The van der Waals surface area contributed by atoms with Gasteiger partial charge in [-0.2, -0.15) is 18.3 Å². The molecule has 4 aromatic rings. The highest BCUT2D eigenvalue weighted by Gasteiger charge is 2.32. The van der Waals surface area contributed by atoms with Crippen molar-refractivity contribution in [2.24, 2.45) is 7.05 Å². The number of benzene rings is 2. The fourth-order valence-electron chi connectivity index (χ4n) is 4.81. The Morgan fingerprint density at radius 2 is 1.80 bits per heavy atom. The molecule has 9 nitrogen and oxygen atoms in total. The van der Waals surface area contributed by atoms with Crippen molar-refractivity contribution in [1.29, 1.82) is 0 Å². The van der Waals surface area contributed by atoms with Crippen molar-refractivity contribution in [1.82, 2.24) is 29.7 Å². The molecule has 1 fully saturated rings. The Morgan fingerprint density at radius 1 is 1.05 bits per heavy atom. The van der Waals surface area contributed by atoms with Gasteiger partial charge >= 0.3 is 6.18 Å². The van der Waals surface area contributed by atoms with E-state index in [0.717, 1.165) is 48.6 Å². The maximum Gasteiger partial charge on any atom is 0.416 e. The van der Waals surface area contributed by atoms with Gasteiger partial charge in [0.15, 0.2) is 0 Å². The number of carbonyl (C=O) groups is 1. The number of alkyl halides is 3. The number of nitrogens with one attached hydrogen (secondary N) is 1.